The Morgan fingerprint density at radius 3 is 2.39 bits per heavy atom. The molecular formula is C16H26N2. The Hall–Kier alpha value is -0.860. The molecule has 2 N–H and O–H groups in total. The molecule has 1 aliphatic heterocycles. The van der Waals surface area contributed by atoms with E-state index in [1.807, 2.05) is 0 Å². The van der Waals surface area contributed by atoms with Crippen LogP contribution in [-0.2, 0) is 6.42 Å². The van der Waals surface area contributed by atoms with Crippen molar-refractivity contribution in [1.82, 2.24) is 4.90 Å². The van der Waals surface area contributed by atoms with Gasteiger partial charge in [-0.25, -0.2) is 0 Å². The maximum atomic E-state index is 5.80. The van der Waals surface area contributed by atoms with E-state index in [2.05, 4.69) is 43.1 Å². The molecule has 1 aromatic rings. The summed E-state index contributed by atoms with van der Waals surface area (Å²) in [6, 6.07) is 9.53. The Bertz CT molecular complexity index is 348. The monoisotopic (exact) mass is 246 g/mol. The van der Waals surface area contributed by atoms with Gasteiger partial charge in [0.25, 0.3) is 0 Å². The van der Waals surface area contributed by atoms with Gasteiger partial charge in [-0.05, 0) is 69.8 Å². The third-order valence-corrected chi connectivity index (χ3v) is 4.06. The Balaban J connectivity index is 1.91. The average Bonchev–Trinajstić information content (AvgIpc) is 2.38. The van der Waals surface area contributed by atoms with Gasteiger partial charge < -0.3 is 10.6 Å². The fourth-order valence-corrected chi connectivity index (χ4v) is 2.69. The summed E-state index contributed by atoms with van der Waals surface area (Å²) in [6.45, 7) is 4.54. The fourth-order valence-electron chi connectivity index (χ4n) is 2.69. The summed E-state index contributed by atoms with van der Waals surface area (Å²) in [7, 11) is 2.22. The summed E-state index contributed by atoms with van der Waals surface area (Å²) >= 11 is 0. The molecule has 2 nitrogen and oxygen atoms in total. The van der Waals surface area contributed by atoms with Crippen LogP contribution in [0.2, 0.25) is 0 Å². The van der Waals surface area contributed by atoms with Crippen molar-refractivity contribution in [3.8, 4) is 0 Å². The predicted octanol–water partition coefficient (Wildman–Crippen LogP) is 2.78. The molecule has 1 saturated heterocycles. The molecule has 100 valence electrons. The number of likely N-dealkylation sites (tertiary alicyclic amines) is 1. The fraction of sp³-hybridized carbons (Fsp3) is 0.625. The van der Waals surface area contributed by atoms with Crippen molar-refractivity contribution in [2.45, 2.75) is 44.6 Å². The number of aryl methyl sites for hydroxylation is 1. The van der Waals surface area contributed by atoms with Gasteiger partial charge in [0, 0.05) is 6.04 Å². The van der Waals surface area contributed by atoms with E-state index in [0.717, 1.165) is 18.8 Å². The highest BCUT2D eigenvalue weighted by Crippen LogP contribution is 2.27. The van der Waals surface area contributed by atoms with Crippen LogP contribution in [0.5, 0.6) is 0 Å². The Labute approximate surface area is 111 Å². The van der Waals surface area contributed by atoms with Gasteiger partial charge in [-0.15, -0.1) is 0 Å². The highest BCUT2D eigenvalue weighted by atomic mass is 15.1. The standard InChI is InChI=1S/C16H26N2/c1-13(17)3-4-14-5-7-15(8-6-14)16-9-11-18(2)12-10-16/h5-8,13,16H,3-4,9-12,17H2,1-2H3. The normalized spacial score (nSPS) is 19.9. The second-order valence-electron chi connectivity index (χ2n) is 5.84. The van der Waals surface area contributed by atoms with E-state index in [9.17, 15) is 0 Å². The highest BCUT2D eigenvalue weighted by molar-refractivity contribution is 5.26. The van der Waals surface area contributed by atoms with Crippen molar-refractivity contribution in [2.75, 3.05) is 20.1 Å². The number of hydrogen-bond acceptors (Lipinski definition) is 2. The minimum atomic E-state index is 0.304. The number of piperidine rings is 1. The van der Waals surface area contributed by atoms with Crippen molar-refractivity contribution in [3.05, 3.63) is 35.4 Å². The summed E-state index contributed by atoms with van der Waals surface area (Å²) in [5, 5.41) is 0. The molecule has 2 heteroatoms. The van der Waals surface area contributed by atoms with Gasteiger partial charge in [0.2, 0.25) is 0 Å². The third kappa shape index (κ3) is 3.82. The zero-order chi connectivity index (χ0) is 13.0. The second-order valence-corrected chi connectivity index (χ2v) is 5.84. The Morgan fingerprint density at radius 1 is 1.22 bits per heavy atom. The van der Waals surface area contributed by atoms with Gasteiger partial charge in [-0.3, -0.25) is 0 Å². The maximum absolute atomic E-state index is 5.80. The molecule has 1 heterocycles. The average molecular weight is 246 g/mol. The van der Waals surface area contributed by atoms with Crippen LogP contribution in [-0.4, -0.2) is 31.1 Å². The van der Waals surface area contributed by atoms with Gasteiger partial charge >= 0.3 is 0 Å². The SMILES string of the molecule is CC(N)CCc1ccc(C2CCN(C)CC2)cc1. The molecule has 0 amide bonds. The van der Waals surface area contributed by atoms with Crippen molar-refractivity contribution in [1.29, 1.82) is 0 Å². The lowest BCUT2D eigenvalue weighted by atomic mass is 9.89. The van der Waals surface area contributed by atoms with Crippen LogP contribution in [0.1, 0.15) is 43.2 Å². The molecule has 1 aromatic carbocycles. The highest BCUT2D eigenvalue weighted by Gasteiger charge is 2.17. The molecule has 0 spiro atoms. The molecule has 0 radical (unpaired) electrons. The third-order valence-electron chi connectivity index (χ3n) is 4.06. The quantitative estimate of drug-likeness (QED) is 0.885. The van der Waals surface area contributed by atoms with Gasteiger partial charge in [-0.1, -0.05) is 24.3 Å². The molecule has 1 aliphatic rings. The van der Waals surface area contributed by atoms with Gasteiger partial charge in [-0.2, -0.15) is 0 Å². The molecule has 0 saturated carbocycles. The summed E-state index contributed by atoms with van der Waals surface area (Å²) in [5.74, 6) is 0.767. The second kappa shape index (κ2) is 6.35. The number of hydrogen-bond donors (Lipinski definition) is 1. The predicted molar refractivity (Wildman–Crippen MR) is 77.9 cm³/mol. The zero-order valence-electron chi connectivity index (χ0n) is 11.7. The van der Waals surface area contributed by atoms with Crippen LogP contribution in [0.3, 0.4) is 0 Å². The molecule has 1 fully saturated rings. The van der Waals surface area contributed by atoms with E-state index in [4.69, 9.17) is 5.73 Å². The number of rotatable bonds is 4. The molecule has 18 heavy (non-hydrogen) atoms. The summed E-state index contributed by atoms with van der Waals surface area (Å²) in [5.41, 5.74) is 8.74. The first-order chi connectivity index (χ1) is 8.65. The smallest absolute Gasteiger partial charge is 0.00136 e. The van der Waals surface area contributed by atoms with E-state index in [0.29, 0.717) is 6.04 Å². The van der Waals surface area contributed by atoms with Crippen LogP contribution in [0.4, 0.5) is 0 Å². The van der Waals surface area contributed by atoms with Crippen molar-refractivity contribution in [3.63, 3.8) is 0 Å². The minimum absolute atomic E-state index is 0.304. The van der Waals surface area contributed by atoms with Crippen molar-refractivity contribution >= 4 is 0 Å². The minimum Gasteiger partial charge on any atom is -0.328 e. The number of nitrogens with zero attached hydrogens (tertiary/aromatic N) is 1. The maximum Gasteiger partial charge on any atom is 0.00136 e. The summed E-state index contributed by atoms with van der Waals surface area (Å²) in [6.07, 6.45) is 4.78. The van der Waals surface area contributed by atoms with E-state index in [-0.39, 0.29) is 0 Å². The molecule has 2 rings (SSSR count). The number of benzene rings is 1. The van der Waals surface area contributed by atoms with Gasteiger partial charge in [0.05, 0.1) is 0 Å². The molecule has 1 unspecified atom stereocenters. The molecular weight excluding hydrogens is 220 g/mol. The van der Waals surface area contributed by atoms with Gasteiger partial charge in [0.1, 0.15) is 0 Å². The summed E-state index contributed by atoms with van der Waals surface area (Å²) < 4.78 is 0. The molecule has 0 aliphatic carbocycles. The molecule has 1 atom stereocenters. The van der Waals surface area contributed by atoms with Crippen LogP contribution in [0, 0.1) is 0 Å². The lowest BCUT2D eigenvalue weighted by Crippen LogP contribution is -2.29. The van der Waals surface area contributed by atoms with Crippen molar-refractivity contribution in [2.24, 2.45) is 5.73 Å². The van der Waals surface area contributed by atoms with Crippen LogP contribution < -0.4 is 5.73 Å². The first kappa shape index (κ1) is 13.6. The topological polar surface area (TPSA) is 29.3 Å². The first-order valence-electron chi connectivity index (χ1n) is 7.18. The lowest BCUT2D eigenvalue weighted by Gasteiger charge is -2.29. The summed E-state index contributed by atoms with van der Waals surface area (Å²) in [4.78, 5) is 2.42. The lowest BCUT2D eigenvalue weighted by molar-refractivity contribution is 0.255. The van der Waals surface area contributed by atoms with Crippen LogP contribution in [0.25, 0.3) is 0 Å². The first-order valence-corrected chi connectivity index (χ1v) is 7.18. The number of nitrogens with two attached hydrogens (primary N) is 1. The van der Waals surface area contributed by atoms with Crippen LogP contribution >= 0.6 is 0 Å². The Morgan fingerprint density at radius 2 is 1.83 bits per heavy atom. The Kier molecular flexibility index (Phi) is 4.79. The largest absolute Gasteiger partial charge is 0.328 e. The van der Waals surface area contributed by atoms with E-state index in [1.165, 1.54) is 37.1 Å². The van der Waals surface area contributed by atoms with Crippen molar-refractivity contribution < 1.29 is 0 Å². The zero-order valence-corrected chi connectivity index (χ0v) is 11.7. The van der Waals surface area contributed by atoms with Gasteiger partial charge in [0.15, 0.2) is 0 Å². The molecule has 0 bridgehead atoms. The van der Waals surface area contributed by atoms with Crippen LogP contribution in [0.15, 0.2) is 24.3 Å². The van der Waals surface area contributed by atoms with E-state index in [1.54, 1.807) is 0 Å². The van der Waals surface area contributed by atoms with E-state index >= 15 is 0 Å². The molecule has 0 aromatic heterocycles. The van der Waals surface area contributed by atoms with E-state index < -0.39 is 0 Å².